The first-order chi connectivity index (χ1) is 8.76. The van der Waals surface area contributed by atoms with E-state index in [4.69, 9.17) is 4.43 Å². The molecule has 0 N–H and O–H groups in total. The van der Waals surface area contributed by atoms with Crippen LogP contribution in [0.4, 0.5) is 0 Å². The van der Waals surface area contributed by atoms with Crippen molar-refractivity contribution in [1.82, 2.24) is 0 Å². The van der Waals surface area contributed by atoms with Crippen LogP contribution in [-0.2, 0) is 10.8 Å². The summed E-state index contributed by atoms with van der Waals surface area (Å²) in [5.41, 5.74) is 1.33. The molecule has 1 atom stereocenters. The van der Waals surface area contributed by atoms with Crippen molar-refractivity contribution in [2.75, 3.05) is 0 Å². The maximum atomic E-state index is 6.49. The molecule has 0 heterocycles. The average molecular weight is 388 g/mol. The van der Waals surface area contributed by atoms with Crippen molar-refractivity contribution in [3.63, 3.8) is 0 Å². The van der Waals surface area contributed by atoms with Crippen LogP contribution in [-0.4, -0.2) is 14.4 Å². The van der Waals surface area contributed by atoms with E-state index in [2.05, 4.69) is 96.9 Å². The van der Waals surface area contributed by atoms with Crippen molar-refractivity contribution in [2.45, 2.75) is 51.4 Å². The third-order valence-electron chi connectivity index (χ3n) is 3.82. The van der Waals surface area contributed by atoms with Crippen LogP contribution in [0.2, 0.25) is 18.1 Å². The van der Waals surface area contributed by atoms with Gasteiger partial charge in [0.1, 0.15) is 0 Å². The highest BCUT2D eigenvalue weighted by molar-refractivity contribution is 14.1. The van der Waals surface area contributed by atoms with Gasteiger partial charge in [-0.2, -0.15) is 0 Å². The van der Waals surface area contributed by atoms with Gasteiger partial charge >= 0.3 is 0 Å². The molecule has 106 valence electrons. The van der Waals surface area contributed by atoms with Crippen molar-refractivity contribution in [2.24, 2.45) is 0 Å². The first-order valence-corrected chi connectivity index (χ1v) is 10.9. The third kappa shape index (κ3) is 5.40. The highest BCUT2D eigenvalue weighted by Gasteiger charge is 2.38. The minimum Gasteiger partial charge on any atom is -0.410 e. The molecular weight excluding hydrogens is 363 g/mol. The smallest absolute Gasteiger partial charge is 0.192 e. The molecule has 0 fully saturated rings. The number of rotatable bonds is 5. The predicted octanol–water partition coefficient (Wildman–Crippen LogP) is 5.57. The van der Waals surface area contributed by atoms with Crippen LogP contribution in [0.1, 0.15) is 26.3 Å². The Morgan fingerprint density at radius 2 is 1.79 bits per heavy atom. The van der Waals surface area contributed by atoms with E-state index in [0.29, 0.717) is 0 Å². The van der Waals surface area contributed by atoms with Gasteiger partial charge in [0, 0.05) is 6.42 Å². The SMILES string of the molecule is CC(C)(C)[Si](C)(C)O[C@H](C=CI)Cc1ccccc1. The fourth-order valence-electron chi connectivity index (χ4n) is 1.63. The Kier molecular flexibility index (Phi) is 6.27. The molecule has 1 aromatic rings. The lowest BCUT2D eigenvalue weighted by Gasteiger charge is -2.38. The van der Waals surface area contributed by atoms with Gasteiger partial charge in [0.05, 0.1) is 6.10 Å². The van der Waals surface area contributed by atoms with E-state index in [-0.39, 0.29) is 11.1 Å². The van der Waals surface area contributed by atoms with Crippen LogP contribution in [0, 0.1) is 0 Å². The van der Waals surface area contributed by atoms with E-state index in [9.17, 15) is 0 Å². The summed E-state index contributed by atoms with van der Waals surface area (Å²) in [6.07, 6.45) is 3.31. The minimum absolute atomic E-state index is 0.181. The van der Waals surface area contributed by atoms with Crippen molar-refractivity contribution >= 4 is 30.9 Å². The number of halogens is 1. The normalized spacial score (nSPS) is 14.8. The van der Waals surface area contributed by atoms with Crippen molar-refractivity contribution < 1.29 is 4.43 Å². The summed E-state index contributed by atoms with van der Waals surface area (Å²) in [4.78, 5) is 0. The zero-order chi connectivity index (χ0) is 14.5. The zero-order valence-corrected chi connectivity index (χ0v) is 15.8. The molecule has 0 bridgehead atoms. The molecule has 0 aliphatic carbocycles. The molecule has 19 heavy (non-hydrogen) atoms. The lowest BCUT2D eigenvalue weighted by atomic mass is 10.1. The Morgan fingerprint density at radius 1 is 1.21 bits per heavy atom. The summed E-state index contributed by atoms with van der Waals surface area (Å²) < 4.78 is 8.56. The molecule has 1 aromatic carbocycles. The Hall–Kier alpha value is -0.133. The Bertz CT molecular complexity index is 407. The van der Waals surface area contributed by atoms with Crippen LogP contribution in [0.5, 0.6) is 0 Å². The molecule has 0 saturated carbocycles. The maximum absolute atomic E-state index is 6.49. The number of benzene rings is 1. The van der Waals surface area contributed by atoms with Gasteiger partial charge in [0.15, 0.2) is 8.32 Å². The van der Waals surface area contributed by atoms with Crippen LogP contribution in [0.3, 0.4) is 0 Å². The van der Waals surface area contributed by atoms with Gasteiger partial charge < -0.3 is 4.43 Å². The lowest BCUT2D eigenvalue weighted by molar-refractivity contribution is 0.225. The zero-order valence-electron chi connectivity index (χ0n) is 12.6. The van der Waals surface area contributed by atoms with E-state index in [1.165, 1.54) is 5.56 Å². The molecular formula is C16H25IOSi. The Labute approximate surface area is 132 Å². The first-order valence-electron chi connectivity index (χ1n) is 6.75. The molecule has 0 radical (unpaired) electrons. The van der Waals surface area contributed by atoms with Gasteiger partial charge in [-0.25, -0.2) is 0 Å². The fraction of sp³-hybridized carbons (Fsp3) is 0.500. The van der Waals surface area contributed by atoms with E-state index in [1.807, 2.05) is 0 Å². The largest absolute Gasteiger partial charge is 0.410 e. The lowest BCUT2D eigenvalue weighted by Crippen LogP contribution is -2.44. The number of hydrogen-bond acceptors (Lipinski definition) is 1. The second-order valence-electron chi connectivity index (χ2n) is 6.42. The second kappa shape index (κ2) is 7.04. The summed E-state index contributed by atoms with van der Waals surface area (Å²) in [6, 6.07) is 10.6. The van der Waals surface area contributed by atoms with E-state index < -0.39 is 8.32 Å². The van der Waals surface area contributed by atoms with E-state index >= 15 is 0 Å². The van der Waals surface area contributed by atoms with Gasteiger partial charge in [-0.3, -0.25) is 0 Å². The fourth-order valence-corrected chi connectivity index (χ4v) is 3.37. The van der Waals surface area contributed by atoms with Gasteiger partial charge in [0.2, 0.25) is 0 Å². The van der Waals surface area contributed by atoms with Crippen molar-refractivity contribution in [1.29, 1.82) is 0 Å². The Morgan fingerprint density at radius 3 is 2.26 bits per heavy atom. The molecule has 3 heteroatoms. The molecule has 0 aliphatic rings. The van der Waals surface area contributed by atoms with Gasteiger partial charge in [-0.1, -0.05) is 79.8 Å². The maximum Gasteiger partial charge on any atom is 0.192 e. The molecule has 1 rings (SSSR count). The van der Waals surface area contributed by atoms with Crippen LogP contribution in [0.15, 0.2) is 40.5 Å². The van der Waals surface area contributed by atoms with Gasteiger partial charge in [0.25, 0.3) is 0 Å². The molecule has 1 nitrogen and oxygen atoms in total. The highest BCUT2D eigenvalue weighted by atomic mass is 127. The van der Waals surface area contributed by atoms with Crippen molar-refractivity contribution in [3.8, 4) is 0 Å². The van der Waals surface area contributed by atoms with Gasteiger partial charge in [-0.05, 0) is 27.8 Å². The molecule has 0 amide bonds. The van der Waals surface area contributed by atoms with Crippen LogP contribution in [0.25, 0.3) is 0 Å². The summed E-state index contributed by atoms with van der Waals surface area (Å²) in [5, 5.41) is 0.251. The standard InChI is InChI=1S/C16H25IOSi/c1-16(2,3)19(4,5)18-15(11-12-17)13-14-9-7-6-8-10-14/h6-12,15H,13H2,1-5H3/t15-/m1/s1. The van der Waals surface area contributed by atoms with Crippen molar-refractivity contribution in [3.05, 3.63) is 46.1 Å². The van der Waals surface area contributed by atoms with Gasteiger partial charge in [-0.15, -0.1) is 0 Å². The molecule has 0 aromatic heterocycles. The highest BCUT2D eigenvalue weighted by Crippen LogP contribution is 2.37. The number of hydrogen-bond donors (Lipinski definition) is 0. The van der Waals surface area contributed by atoms with E-state index in [0.717, 1.165) is 6.42 Å². The van der Waals surface area contributed by atoms with E-state index in [1.54, 1.807) is 0 Å². The second-order valence-corrected chi connectivity index (χ2v) is 11.9. The average Bonchev–Trinajstić information content (AvgIpc) is 2.28. The molecule has 0 saturated heterocycles. The quantitative estimate of drug-likeness (QED) is 0.473. The third-order valence-corrected chi connectivity index (χ3v) is 8.74. The monoisotopic (exact) mass is 388 g/mol. The Balaban J connectivity index is 2.80. The molecule has 0 spiro atoms. The topological polar surface area (TPSA) is 9.23 Å². The first kappa shape index (κ1) is 16.9. The summed E-state index contributed by atoms with van der Waals surface area (Å²) in [5.74, 6) is 0. The molecule has 0 aliphatic heterocycles. The summed E-state index contributed by atoms with van der Waals surface area (Å²) in [7, 11) is -1.71. The minimum atomic E-state index is -1.71. The van der Waals surface area contributed by atoms with Crippen LogP contribution >= 0.6 is 22.6 Å². The molecule has 0 unspecified atom stereocenters. The summed E-state index contributed by atoms with van der Waals surface area (Å²) in [6.45, 7) is 11.5. The van der Waals surface area contributed by atoms with Crippen LogP contribution < -0.4 is 0 Å². The predicted molar refractivity (Wildman–Crippen MR) is 95.4 cm³/mol. The summed E-state index contributed by atoms with van der Waals surface area (Å²) >= 11 is 2.27.